The van der Waals surface area contributed by atoms with Crippen LogP contribution in [0.2, 0.25) is 0 Å². The average molecular weight is 370 g/mol. The molecule has 2 aromatic rings. The molecule has 2 aromatic carbocycles. The molecule has 0 spiro atoms. The van der Waals surface area contributed by atoms with Crippen molar-refractivity contribution in [3.8, 4) is 5.75 Å². The highest BCUT2D eigenvalue weighted by Gasteiger charge is 2.28. The summed E-state index contributed by atoms with van der Waals surface area (Å²) in [5.41, 5.74) is 1.84. The number of aryl methyl sites for hydroxylation is 1. The number of benzene rings is 2. The fourth-order valence-electron chi connectivity index (χ4n) is 3.36. The molecule has 1 aliphatic rings. The van der Waals surface area contributed by atoms with Gasteiger partial charge in [0.15, 0.2) is 6.10 Å². The molecule has 0 saturated carbocycles. The van der Waals surface area contributed by atoms with E-state index in [4.69, 9.17) is 4.74 Å². The number of amides is 1. The minimum Gasteiger partial charge on any atom is -0.481 e. The SMILES string of the molecule is CCc1ccc(O[C@H](CC)C(=O)N2CCN(c3ccccc3F)CC2)cc1. The lowest BCUT2D eigenvalue weighted by Gasteiger charge is -2.37. The van der Waals surface area contributed by atoms with Crippen LogP contribution in [-0.2, 0) is 11.2 Å². The number of hydrogen-bond acceptors (Lipinski definition) is 3. The van der Waals surface area contributed by atoms with Crippen LogP contribution in [0.15, 0.2) is 48.5 Å². The quantitative estimate of drug-likeness (QED) is 0.773. The average Bonchev–Trinajstić information content (AvgIpc) is 2.72. The molecule has 1 amide bonds. The van der Waals surface area contributed by atoms with E-state index in [0.717, 1.165) is 12.2 Å². The van der Waals surface area contributed by atoms with Gasteiger partial charge in [-0.15, -0.1) is 0 Å². The van der Waals surface area contributed by atoms with Crippen molar-refractivity contribution in [2.45, 2.75) is 32.8 Å². The second kappa shape index (κ2) is 8.89. The maximum Gasteiger partial charge on any atom is 0.263 e. The van der Waals surface area contributed by atoms with E-state index in [0.29, 0.717) is 38.3 Å². The summed E-state index contributed by atoms with van der Waals surface area (Å²) in [4.78, 5) is 16.7. The Labute approximate surface area is 160 Å². The van der Waals surface area contributed by atoms with Gasteiger partial charge in [0.2, 0.25) is 0 Å². The van der Waals surface area contributed by atoms with Crippen molar-refractivity contribution in [3.63, 3.8) is 0 Å². The van der Waals surface area contributed by atoms with Gasteiger partial charge in [0.25, 0.3) is 5.91 Å². The van der Waals surface area contributed by atoms with Crippen LogP contribution >= 0.6 is 0 Å². The molecule has 5 heteroatoms. The fraction of sp³-hybridized carbons (Fsp3) is 0.409. The Bertz CT molecular complexity index is 755. The number of piperazine rings is 1. The summed E-state index contributed by atoms with van der Waals surface area (Å²) in [7, 11) is 0. The highest BCUT2D eigenvalue weighted by Crippen LogP contribution is 2.21. The third-order valence-corrected chi connectivity index (χ3v) is 5.04. The van der Waals surface area contributed by atoms with Crippen LogP contribution < -0.4 is 9.64 Å². The molecule has 3 rings (SSSR count). The minimum absolute atomic E-state index is 0.00486. The summed E-state index contributed by atoms with van der Waals surface area (Å²) in [6, 6.07) is 14.7. The van der Waals surface area contributed by atoms with Crippen LogP contribution in [0.25, 0.3) is 0 Å². The Morgan fingerprint density at radius 1 is 1.04 bits per heavy atom. The molecule has 0 bridgehead atoms. The van der Waals surface area contributed by atoms with Gasteiger partial charge in [-0.25, -0.2) is 4.39 Å². The van der Waals surface area contributed by atoms with Crippen molar-refractivity contribution in [2.24, 2.45) is 0 Å². The summed E-state index contributed by atoms with van der Waals surface area (Å²) in [6.45, 7) is 6.44. The number of anilines is 1. The van der Waals surface area contributed by atoms with Gasteiger partial charge in [-0.05, 0) is 42.7 Å². The summed E-state index contributed by atoms with van der Waals surface area (Å²) in [5.74, 6) is 0.505. The number of ether oxygens (including phenoxy) is 1. The van der Waals surface area contributed by atoms with E-state index in [1.165, 1.54) is 11.6 Å². The van der Waals surface area contributed by atoms with E-state index in [-0.39, 0.29) is 11.7 Å². The molecule has 1 fully saturated rings. The third kappa shape index (κ3) is 4.59. The van der Waals surface area contributed by atoms with Gasteiger partial charge >= 0.3 is 0 Å². The van der Waals surface area contributed by atoms with E-state index in [9.17, 15) is 9.18 Å². The van der Waals surface area contributed by atoms with Crippen LogP contribution in [-0.4, -0.2) is 43.1 Å². The van der Waals surface area contributed by atoms with Gasteiger partial charge < -0.3 is 14.5 Å². The number of nitrogens with zero attached hydrogens (tertiary/aromatic N) is 2. The monoisotopic (exact) mass is 370 g/mol. The molecule has 1 aliphatic heterocycles. The van der Waals surface area contributed by atoms with Crippen LogP contribution in [0.4, 0.5) is 10.1 Å². The second-order valence-corrected chi connectivity index (χ2v) is 6.78. The molecular formula is C22H27FN2O2. The van der Waals surface area contributed by atoms with Crippen molar-refractivity contribution in [1.29, 1.82) is 0 Å². The lowest BCUT2D eigenvalue weighted by molar-refractivity contribution is -0.139. The smallest absolute Gasteiger partial charge is 0.263 e. The molecule has 4 nitrogen and oxygen atoms in total. The first-order chi connectivity index (χ1) is 13.1. The van der Waals surface area contributed by atoms with Crippen molar-refractivity contribution >= 4 is 11.6 Å². The molecule has 27 heavy (non-hydrogen) atoms. The Morgan fingerprint density at radius 3 is 2.30 bits per heavy atom. The number of carbonyl (C=O) groups is 1. The standard InChI is InChI=1S/C22H27FN2O2/c1-3-17-9-11-18(12-10-17)27-21(4-2)22(26)25-15-13-24(14-16-25)20-8-6-5-7-19(20)23/h5-12,21H,3-4,13-16H2,1-2H3/t21-/m1/s1. The number of rotatable bonds is 6. The molecule has 0 aromatic heterocycles. The Morgan fingerprint density at radius 2 is 1.70 bits per heavy atom. The molecule has 144 valence electrons. The van der Waals surface area contributed by atoms with Crippen molar-refractivity contribution in [2.75, 3.05) is 31.1 Å². The van der Waals surface area contributed by atoms with Crippen LogP contribution in [0.3, 0.4) is 0 Å². The first-order valence-electron chi connectivity index (χ1n) is 9.66. The molecule has 1 saturated heterocycles. The van der Waals surface area contributed by atoms with Crippen molar-refractivity contribution in [1.82, 2.24) is 4.90 Å². The molecule has 0 aliphatic carbocycles. The predicted molar refractivity (Wildman–Crippen MR) is 106 cm³/mol. The summed E-state index contributed by atoms with van der Waals surface area (Å²) < 4.78 is 19.9. The molecule has 1 heterocycles. The number of hydrogen-bond donors (Lipinski definition) is 0. The first-order valence-corrected chi connectivity index (χ1v) is 9.66. The van der Waals surface area contributed by atoms with E-state index >= 15 is 0 Å². The predicted octanol–water partition coefficient (Wildman–Crippen LogP) is 3.89. The highest BCUT2D eigenvalue weighted by atomic mass is 19.1. The lowest BCUT2D eigenvalue weighted by Crippen LogP contribution is -2.52. The van der Waals surface area contributed by atoms with Gasteiger partial charge in [-0.3, -0.25) is 4.79 Å². The van der Waals surface area contributed by atoms with Gasteiger partial charge in [-0.2, -0.15) is 0 Å². The van der Waals surface area contributed by atoms with E-state index < -0.39 is 6.10 Å². The highest BCUT2D eigenvalue weighted by molar-refractivity contribution is 5.81. The molecule has 1 atom stereocenters. The van der Waals surface area contributed by atoms with Crippen molar-refractivity contribution < 1.29 is 13.9 Å². The van der Waals surface area contributed by atoms with Gasteiger partial charge in [0.05, 0.1) is 5.69 Å². The summed E-state index contributed by atoms with van der Waals surface area (Å²) in [6.07, 6.45) is 1.10. The van der Waals surface area contributed by atoms with Gasteiger partial charge in [0.1, 0.15) is 11.6 Å². The molecule has 0 unspecified atom stereocenters. The van der Waals surface area contributed by atoms with Crippen LogP contribution in [0.5, 0.6) is 5.75 Å². The fourth-order valence-corrected chi connectivity index (χ4v) is 3.36. The molecular weight excluding hydrogens is 343 g/mol. The van der Waals surface area contributed by atoms with Crippen LogP contribution in [0.1, 0.15) is 25.8 Å². The first kappa shape index (κ1) is 19.2. The Hall–Kier alpha value is -2.56. The zero-order valence-electron chi connectivity index (χ0n) is 16.0. The van der Waals surface area contributed by atoms with Crippen molar-refractivity contribution in [3.05, 3.63) is 59.9 Å². The van der Waals surface area contributed by atoms with E-state index in [1.807, 2.05) is 47.1 Å². The number of halogens is 1. The lowest BCUT2D eigenvalue weighted by atomic mass is 10.1. The molecule has 0 N–H and O–H groups in total. The minimum atomic E-state index is -0.488. The summed E-state index contributed by atoms with van der Waals surface area (Å²) >= 11 is 0. The van der Waals surface area contributed by atoms with Gasteiger partial charge in [-0.1, -0.05) is 38.1 Å². The maximum absolute atomic E-state index is 14.0. The van der Waals surface area contributed by atoms with Gasteiger partial charge in [0, 0.05) is 26.2 Å². The second-order valence-electron chi connectivity index (χ2n) is 6.78. The normalized spacial score (nSPS) is 15.5. The number of carbonyl (C=O) groups excluding carboxylic acids is 1. The zero-order chi connectivity index (χ0) is 19.2. The summed E-state index contributed by atoms with van der Waals surface area (Å²) in [5, 5.41) is 0. The van der Waals surface area contributed by atoms with Crippen LogP contribution in [0, 0.1) is 5.82 Å². The topological polar surface area (TPSA) is 32.8 Å². The Kier molecular flexibility index (Phi) is 6.32. The largest absolute Gasteiger partial charge is 0.481 e. The zero-order valence-corrected chi connectivity index (χ0v) is 16.0. The Balaban J connectivity index is 1.59. The molecule has 0 radical (unpaired) electrons. The maximum atomic E-state index is 14.0. The number of para-hydroxylation sites is 1. The van der Waals surface area contributed by atoms with E-state index in [1.54, 1.807) is 12.1 Å². The third-order valence-electron chi connectivity index (χ3n) is 5.04. The van der Waals surface area contributed by atoms with E-state index in [2.05, 4.69) is 6.92 Å².